The van der Waals surface area contributed by atoms with Crippen LogP contribution < -0.4 is 15.4 Å². The summed E-state index contributed by atoms with van der Waals surface area (Å²) in [6.07, 6.45) is 4.51. The molecule has 0 saturated carbocycles. The van der Waals surface area contributed by atoms with Crippen molar-refractivity contribution >= 4 is 17.3 Å². The molecule has 0 bridgehead atoms. The number of fused-ring (bicyclic) bond motifs is 1. The predicted octanol–water partition coefficient (Wildman–Crippen LogP) is 3.82. The first-order valence-electron chi connectivity index (χ1n) is 9.19. The Labute approximate surface area is 162 Å². The van der Waals surface area contributed by atoms with Gasteiger partial charge in [-0.3, -0.25) is 9.78 Å². The van der Waals surface area contributed by atoms with Gasteiger partial charge in [0.05, 0.1) is 30.3 Å². The van der Waals surface area contributed by atoms with Crippen LogP contribution >= 0.6 is 0 Å². The number of amides is 1. The molecule has 0 radical (unpaired) electrons. The van der Waals surface area contributed by atoms with Crippen molar-refractivity contribution in [3.8, 4) is 17.0 Å². The SMILES string of the molecule is CCc1c(F)cccc1Nc1c(-c2ccncc2OC)[nH]c2c1C(=O)NCC2. The lowest BCUT2D eigenvalue weighted by Gasteiger charge is -2.17. The molecule has 3 heterocycles. The molecule has 1 aliphatic rings. The molecule has 28 heavy (non-hydrogen) atoms. The molecule has 144 valence electrons. The van der Waals surface area contributed by atoms with Gasteiger partial charge in [-0.25, -0.2) is 4.39 Å². The van der Waals surface area contributed by atoms with Crippen LogP contribution in [0.5, 0.6) is 5.75 Å². The Morgan fingerprint density at radius 1 is 1.32 bits per heavy atom. The molecular weight excluding hydrogens is 359 g/mol. The van der Waals surface area contributed by atoms with Gasteiger partial charge in [-0.2, -0.15) is 0 Å². The second kappa shape index (κ2) is 7.34. The van der Waals surface area contributed by atoms with Crippen LogP contribution in [0.15, 0.2) is 36.7 Å². The predicted molar refractivity (Wildman–Crippen MR) is 106 cm³/mol. The smallest absolute Gasteiger partial charge is 0.255 e. The number of aromatic nitrogens is 2. The Morgan fingerprint density at radius 2 is 2.18 bits per heavy atom. The van der Waals surface area contributed by atoms with Crippen LogP contribution in [0.3, 0.4) is 0 Å². The largest absolute Gasteiger partial charge is 0.494 e. The number of aromatic amines is 1. The van der Waals surface area contributed by atoms with Gasteiger partial charge in [0.15, 0.2) is 0 Å². The van der Waals surface area contributed by atoms with Crippen LogP contribution in [-0.2, 0) is 12.8 Å². The van der Waals surface area contributed by atoms with Gasteiger partial charge < -0.3 is 20.4 Å². The number of ether oxygens (including phenoxy) is 1. The van der Waals surface area contributed by atoms with Crippen LogP contribution in [0.25, 0.3) is 11.3 Å². The van der Waals surface area contributed by atoms with Gasteiger partial charge in [0.2, 0.25) is 0 Å². The molecule has 2 aromatic heterocycles. The fourth-order valence-corrected chi connectivity index (χ4v) is 3.63. The first-order chi connectivity index (χ1) is 13.6. The van der Waals surface area contributed by atoms with Gasteiger partial charge in [0, 0.05) is 41.7 Å². The summed E-state index contributed by atoms with van der Waals surface area (Å²) in [5, 5.41) is 6.19. The lowest BCUT2D eigenvalue weighted by Crippen LogP contribution is -2.31. The highest BCUT2D eigenvalue weighted by atomic mass is 19.1. The van der Waals surface area contributed by atoms with Crippen LogP contribution in [-0.4, -0.2) is 29.5 Å². The van der Waals surface area contributed by atoms with E-state index in [1.54, 1.807) is 25.6 Å². The van der Waals surface area contributed by atoms with Crippen LogP contribution in [0.4, 0.5) is 15.8 Å². The van der Waals surface area contributed by atoms with Crippen molar-refractivity contribution in [3.63, 3.8) is 0 Å². The van der Waals surface area contributed by atoms with Gasteiger partial charge in [-0.05, 0) is 24.6 Å². The minimum absolute atomic E-state index is 0.159. The summed E-state index contributed by atoms with van der Waals surface area (Å²) >= 11 is 0. The Morgan fingerprint density at radius 3 is 2.96 bits per heavy atom. The number of pyridine rings is 1. The molecule has 0 spiro atoms. The molecule has 1 aliphatic heterocycles. The van der Waals surface area contributed by atoms with Gasteiger partial charge >= 0.3 is 0 Å². The molecule has 3 aromatic rings. The van der Waals surface area contributed by atoms with E-state index in [4.69, 9.17) is 4.74 Å². The number of carbonyl (C=O) groups excluding carboxylic acids is 1. The topological polar surface area (TPSA) is 79.0 Å². The van der Waals surface area contributed by atoms with Gasteiger partial charge in [0.25, 0.3) is 5.91 Å². The number of nitrogens with zero attached hydrogens (tertiary/aromatic N) is 1. The number of nitrogens with one attached hydrogen (secondary N) is 3. The molecule has 0 fully saturated rings. The first kappa shape index (κ1) is 18.0. The van der Waals surface area contributed by atoms with Crippen molar-refractivity contribution in [2.75, 3.05) is 19.0 Å². The van der Waals surface area contributed by atoms with E-state index in [9.17, 15) is 9.18 Å². The van der Waals surface area contributed by atoms with E-state index in [1.165, 1.54) is 6.07 Å². The molecule has 0 saturated heterocycles. The molecule has 6 nitrogen and oxygen atoms in total. The number of methoxy groups -OCH3 is 1. The van der Waals surface area contributed by atoms with E-state index in [0.717, 1.165) is 11.3 Å². The standard InChI is InChI=1S/C21H21FN4O2/c1-3-12-14(22)5-4-6-15(12)25-20-18-16(8-10-24-21(18)27)26-19(20)13-7-9-23-11-17(13)28-2/h4-7,9,11,25-26H,3,8,10H2,1-2H3,(H,24,27). The maximum atomic E-state index is 14.3. The minimum atomic E-state index is -0.274. The summed E-state index contributed by atoms with van der Waals surface area (Å²) in [7, 11) is 1.57. The highest BCUT2D eigenvalue weighted by Gasteiger charge is 2.28. The molecule has 0 unspecified atom stereocenters. The summed E-state index contributed by atoms with van der Waals surface area (Å²) in [5.74, 6) is 0.151. The highest BCUT2D eigenvalue weighted by Crippen LogP contribution is 2.40. The fraction of sp³-hybridized carbons (Fsp3) is 0.238. The number of halogens is 1. The first-order valence-corrected chi connectivity index (χ1v) is 9.19. The average Bonchev–Trinajstić information content (AvgIpc) is 3.07. The summed E-state index contributed by atoms with van der Waals surface area (Å²) < 4.78 is 19.7. The van der Waals surface area contributed by atoms with E-state index in [0.29, 0.717) is 53.3 Å². The van der Waals surface area contributed by atoms with E-state index in [1.807, 2.05) is 19.1 Å². The third-order valence-corrected chi connectivity index (χ3v) is 4.97. The number of hydrogen-bond acceptors (Lipinski definition) is 4. The third kappa shape index (κ3) is 2.98. The van der Waals surface area contributed by atoms with Crippen molar-refractivity contribution in [3.05, 3.63) is 59.3 Å². The Balaban J connectivity index is 1.92. The third-order valence-electron chi connectivity index (χ3n) is 4.97. The van der Waals surface area contributed by atoms with E-state index in [-0.39, 0.29) is 11.7 Å². The van der Waals surface area contributed by atoms with Crippen molar-refractivity contribution in [1.82, 2.24) is 15.3 Å². The van der Waals surface area contributed by atoms with Gasteiger partial charge in [0.1, 0.15) is 11.6 Å². The number of anilines is 2. The van der Waals surface area contributed by atoms with E-state index >= 15 is 0 Å². The normalized spacial score (nSPS) is 13.0. The van der Waals surface area contributed by atoms with Crippen LogP contribution in [0.2, 0.25) is 0 Å². The second-order valence-electron chi connectivity index (χ2n) is 6.55. The quantitative estimate of drug-likeness (QED) is 0.629. The molecule has 3 N–H and O–H groups in total. The molecule has 0 atom stereocenters. The van der Waals surface area contributed by atoms with E-state index < -0.39 is 0 Å². The molecule has 0 aliphatic carbocycles. The maximum absolute atomic E-state index is 14.3. The lowest BCUT2D eigenvalue weighted by molar-refractivity contribution is 0.0947. The van der Waals surface area contributed by atoms with Crippen molar-refractivity contribution in [2.24, 2.45) is 0 Å². The lowest BCUT2D eigenvalue weighted by atomic mass is 10.0. The zero-order chi connectivity index (χ0) is 19.7. The number of hydrogen-bond donors (Lipinski definition) is 3. The summed E-state index contributed by atoms with van der Waals surface area (Å²) in [6.45, 7) is 2.47. The molecule has 1 aromatic carbocycles. The van der Waals surface area contributed by atoms with Gasteiger partial charge in [-0.15, -0.1) is 0 Å². The zero-order valence-electron chi connectivity index (χ0n) is 15.7. The molecule has 1 amide bonds. The van der Waals surface area contributed by atoms with Gasteiger partial charge in [-0.1, -0.05) is 13.0 Å². The number of benzene rings is 1. The molecular formula is C21H21FN4O2. The van der Waals surface area contributed by atoms with Crippen LogP contribution in [0.1, 0.15) is 28.5 Å². The van der Waals surface area contributed by atoms with Crippen molar-refractivity contribution in [2.45, 2.75) is 19.8 Å². The average molecular weight is 380 g/mol. The number of H-pyrrole nitrogens is 1. The highest BCUT2D eigenvalue weighted by molar-refractivity contribution is 6.06. The maximum Gasteiger partial charge on any atom is 0.255 e. The Hall–Kier alpha value is -3.35. The summed E-state index contributed by atoms with van der Waals surface area (Å²) in [5.41, 5.74) is 4.69. The van der Waals surface area contributed by atoms with Crippen molar-refractivity contribution < 1.29 is 13.9 Å². The Kier molecular flexibility index (Phi) is 4.73. The molecule has 4 rings (SSSR count). The number of rotatable bonds is 5. The van der Waals surface area contributed by atoms with Crippen LogP contribution in [0, 0.1) is 5.82 Å². The second-order valence-corrected chi connectivity index (χ2v) is 6.55. The minimum Gasteiger partial charge on any atom is -0.494 e. The monoisotopic (exact) mass is 380 g/mol. The molecule has 7 heteroatoms. The fourth-order valence-electron chi connectivity index (χ4n) is 3.63. The number of carbonyl (C=O) groups is 1. The zero-order valence-corrected chi connectivity index (χ0v) is 15.7. The Bertz CT molecular complexity index is 1040. The summed E-state index contributed by atoms with van der Waals surface area (Å²) in [6, 6.07) is 6.74. The van der Waals surface area contributed by atoms with E-state index in [2.05, 4.69) is 20.6 Å². The summed E-state index contributed by atoms with van der Waals surface area (Å²) in [4.78, 5) is 20.1. The van der Waals surface area contributed by atoms with Crippen molar-refractivity contribution in [1.29, 1.82) is 0 Å².